The Morgan fingerprint density at radius 2 is 1.33 bits per heavy atom. The Labute approximate surface area is 309 Å². The maximum atomic E-state index is 13.1. The summed E-state index contributed by atoms with van der Waals surface area (Å²) in [6, 6.07) is 8.06. The summed E-state index contributed by atoms with van der Waals surface area (Å²) in [4.78, 5) is 57.4. The molecular formula is C39H50ClN7O5. The van der Waals surface area contributed by atoms with Gasteiger partial charge >= 0.3 is 17.6 Å². The van der Waals surface area contributed by atoms with Crippen molar-refractivity contribution in [2.75, 3.05) is 75.2 Å². The predicted molar refractivity (Wildman–Crippen MR) is 199 cm³/mol. The molecule has 6 aliphatic rings. The third kappa shape index (κ3) is 6.49. The highest BCUT2D eigenvalue weighted by Gasteiger charge is 2.57. The molecule has 6 fully saturated rings. The van der Waals surface area contributed by atoms with Crippen molar-refractivity contribution in [2.45, 2.75) is 82.3 Å². The fraction of sp³-hybridized carbons (Fsp3) is 0.641. The molecule has 1 aromatic carbocycles. The summed E-state index contributed by atoms with van der Waals surface area (Å²) in [7, 11) is 0. The first-order valence-corrected chi connectivity index (χ1v) is 19.9. The van der Waals surface area contributed by atoms with E-state index in [4.69, 9.17) is 26.1 Å². The van der Waals surface area contributed by atoms with Crippen LogP contribution in [0.15, 0.2) is 35.3 Å². The second kappa shape index (κ2) is 13.7. The van der Waals surface area contributed by atoms with Gasteiger partial charge in [0.25, 0.3) is 0 Å². The number of carbonyl (C=O) groups excluding carboxylic acids is 2. The van der Waals surface area contributed by atoms with Crippen LogP contribution in [0, 0.1) is 10.8 Å². The first-order chi connectivity index (χ1) is 25.2. The van der Waals surface area contributed by atoms with Crippen LogP contribution in [0.25, 0.3) is 11.0 Å². The minimum atomic E-state index is -0.390. The van der Waals surface area contributed by atoms with E-state index in [0.29, 0.717) is 0 Å². The predicted octanol–water partition coefficient (Wildman–Crippen LogP) is 4.68. The molecule has 2 N–H and O–H groups in total. The van der Waals surface area contributed by atoms with Crippen molar-refractivity contribution in [3.63, 3.8) is 0 Å². The maximum Gasteiger partial charge on any atom is 0.323 e. The van der Waals surface area contributed by atoms with E-state index in [9.17, 15) is 14.4 Å². The number of fused-ring (bicyclic) bond motifs is 1. The number of rotatable bonds is 9. The van der Waals surface area contributed by atoms with Crippen LogP contribution in [-0.4, -0.2) is 114 Å². The van der Waals surface area contributed by atoms with E-state index in [0.717, 1.165) is 163 Å². The third-order valence-electron chi connectivity index (χ3n) is 13.3. The number of aromatic nitrogens is 3. The summed E-state index contributed by atoms with van der Waals surface area (Å²) in [6.45, 7) is 9.29. The summed E-state index contributed by atoms with van der Waals surface area (Å²) in [5, 5.41) is 0.736. The quantitative estimate of drug-likeness (QED) is 0.300. The van der Waals surface area contributed by atoms with Gasteiger partial charge in [-0.3, -0.25) is 19.4 Å². The Balaban J connectivity index is 0.707. The number of hydrogen-bond acceptors (Lipinski definition) is 10. The van der Waals surface area contributed by atoms with E-state index in [1.54, 1.807) is 0 Å². The summed E-state index contributed by atoms with van der Waals surface area (Å²) < 4.78 is 11.7. The van der Waals surface area contributed by atoms with Crippen LogP contribution in [0.2, 0.25) is 5.02 Å². The van der Waals surface area contributed by atoms with Gasteiger partial charge in [0.1, 0.15) is 18.0 Å². The lowest BCUT2D eigenvalue weighted by atomic mass is 9.59. The molecule has 278 valence electrons. The van der Waals surface area contributed by atoms with Crippen molar-refractivity contribution in [1.82, 2.24) is 24.8 Å². The number of ether oxygens (including phenoxy) is 2. The molecular weight excluding hydrogens is 682 g/mol. The van der Waals surface area contributed by atoms with Gasteiger partial charge < -0.3 is 29.2 Å². The Bertz CT molecular complexity index is 1870. The van der Waals surface area contributed by atoms with Crippen molar-refractivity contribution in [2.24, 2.45) is 10.8 Å². The lowest BCUT2D eigenvalue weighted by Gasteiger charge is -2.42. The van der Waals surface area contributed by atoms with Crippen LogP contribution in [0.1, 0.15) is 75.7 Å². The monoisotopic (exact) mass is 731 g/mol. The fourth-order valence-corrected chi connectivity index (χ4v) is 10.4. The van der Waals surface area contributed by atoms with Crippen molar-refractivity contribution in [3.8, 4) is 0 Å². The molecule has 3 aromatic rings. The van der Waals surface area contributed by atoms with Gasteiger partial charge in [0.2, 0.25) is 0 Å². The number of nitrogens with zero attached hydrogens (tertiary/aromatic N) is 5. The highest BCUT2D eigenvalue weighted by atomic mass is 35.5. The zero-order valence-corrected chi connectivity index (χ0v) is 30.7. The van der Waals surface area contributed by atoms with E-state index in [1.807, 2.05) is 24.4 Å². The number of carbonyl (C=O) groups is 2. The lowest BCUT2D eigenvalue weighted by Crippen LogP contribution is -2.47. The molecule has 0 amide bonds. The zero-order valence-electron chi connectivity index (χ0n) is 29.9. The molecule has 52 heavy (non-hydrogen) atoms. The van der Waals surface area contributed by atoms with Crippen LogP contribution < -0.4 is 15.5 Å². The molecule has 2 spiro atoms. The van der Waals surface area contributed by atoms with Gasteiger partial charge in [-0.1, -0.05) is 24.4 Å². The number of anilines is 2. The molecule has 12 nitrogen and oxygen atoms in total. The average molecular weight is 732 g/mol. The van der Waals surface area contributed by atoms with Crippen LogP contribution in [-0.2, 0) is 19.1 Å². The number of H-pyrrole nitrogens is 2. The van der Waals surface area contributed by atoms with Crippen molar-refractivity contribution >= 4 is 46.1 Å². The largest absolute Gasteiger partial charge is 0.462 e. The average Bonchev–Trinajstić information content (AvgIpc) is 3.91. The topological polar surface area (TPSA) is 127 Å². The number of cyclic esters (lactones) is 2. The number of hydrogen-bond donors (Lipinski definition) is 2. The summed E-state index contributed by atoms with van der Waals surface area (Å²) in [6.07, 6.45) is 11.3. The first-order valence-electron chi connectivity index (χ1n) is 19.5. The minimum Gasteiger partial charge on any atom is -0.462 e. The molecule has 2 aliphatic carbocycles. The second-order valence-corrected chi connectivity index (χ2v) is 16.9. The molecule has 2 unspecified atom stereocenters. The minimum absolute atomic E-state index is 0.0361. The molecule has 2 atom stereocenters. The first kappa shape index (κ1) is 34.2. The van der Waals surface area contributed by atoms with Crippen LogP contribution in [0.3, 0.4) is 0 Å². The molecule has 4 saturated heterocycles. The molecule has 2 aromatic heterocycles. The normalized spacial score (nSPS) is 29.4. The summed E-state index contributed by atoms with van der Waals surface area (Å²) in [5.74, 6) is 1.15. The third-order valence-corrected chi connectivity index (χ3v) is 13.6. The fourth-order valence-electron chi connectivity index (χ4n) is 10.1. The van der Waals surface area contributed by atoms with Gasteiger partial charge in [-0.25, -0.2) is 9.78 Å². The van der Waals surface area contributed by atoms with E-state index in [1.165, 1.54) is 0 Å². The molecule has 13 heteroatoms. The highest BCUT2D eigenvalue weighted by Crippen LogP contribution is 2.58. The van der Waals surface area contributed by atoms with Gasteiger partial charge in [-0.2, -0.15) is 0 Å². The van der Waals surface area contributed by atoms with Crippen molar-refractivity contribution < 1.29 is 19.1 Å². The van der Waals surface area contributed by atoms with Gasteiger partial charge in [0.05, 0.1) is 21.9 Å². The van der Waals surface area contributed by atoms with Gasteiger partial charge in [0, 0.05) is 95.2 Å². The standard InChI is InChI=1S/C39H50ClN7O5/c40-31-20-34(47-17-13-45(14-18-47)9-5-28-23-38(35(48)51-28)7-1-2-8-38)41-25-30(31)26-21-39(22-26)24-29(52-36(39)49)6-10-44-11-15-46(16-12-44)27-3-4-32-33(19-27)43-37(50)42-32/h3-4,19-20,25-26,28-29H,1-2,5-18,21-24H2,(H2,42,43,50). The van der Waals surface area contributed by atoms with Crippen LogP contribution in [0.4, 0.5) is 11.5 Å². The van der Waals surface area contributed by atoms with E-state index < -0.39 is 5.41 Å². The summed E-state index contributed by atoms with van der Waals surface area (Å²) >= 11 is 6.88. The maximum absolute atomic E-state index is 13.1. The van der Waals surface area contributed by atoms with Crippen molar-refractivity contribution in [1.29, 1.82) is 0 Å². The zero-order chi connectivity index (χ0) is 35.5. The van der Waals surface area contributed by atoms with Gasteiger partial charge in [-0.15, -0.1) is 0 Å². The number of piperazine rings is 2. The smallest absolute Gasteiger partial charge is 0.323 e. The molecule has 6 heterocycles. The number of nitrogens with one attached hydrogen (secondary N) is 2. The Morgan fingerprint density at radius 3 is 1.98 bits per heavy atom. The number of imidazole rings is 1. The number of aromatic amines is 2. The Hall–Kier alpha value is -3.61. The van der Waals surface area contributed by atoms with Crippen molar-refractivity contribution in [3.05, 3.63) is 51.5 Å². The molecule has 0 radical (unpaired) electrons. The van der Waals surface area contributed by atoms with E-state index in [-0.39, 0.29) is 41.2 Å². The lowest BCUT2D eigenvalue weighted by molar-refractivity contribution is -0.153. The Kier molecular flexibility index (Phi) is 8.98. The van der Waals surface area contributed by atoms with E-state index in [2.05, 4.69) is 35.6 Å². The number of halogens is 1. The number of benzene rings is 1. The number of pyridine rings is 1. The van der Waals surface area contributed by atoms with Crippen LogP contribution in [0.5, 0.6) is 0 Å². The molecule has 4 aliphatic heterocycles. The van der Waals surface area contributed by atoms with Gasteiger partial charge in [-0.05, 0) is 74.3 Å². The SMILES string of the molecule is O=C1OC(CCN2CCN(c3cc(Cl)c(C4CC5(CC(CCN6CCN(c7ccc8[nH]c(=O)[nH]c8c7)CC6)OC5=O)C4)cn3)CC2)CC12CCCC2. The molecule has 2 saturated carbocycles. The van der Waals surface area contributed by atoms with Gasteiger partial charge in [0.15, 0.2) is 0 Å². The van der Waals surface area contributed by atoms with Crippen LogP contribution >= 0.6 is 11.6 Å². The van der Waals surface area contributed by atoms with E-state index >= 15 is 0 Å². The highest BCUT2D eigenvalue weighted by molar-refractivity contribution is 6.31. The summed E-state index contributed by atoms with van der Waals surface area (Å²) in [5.41, 5.74) is 3.07. The molecule has 9 rings (SSSR count). The second-order valence-electron chi connectivity index (χ2n) is 16.4. The Morgan fingerprint density at radius 1 is 0.731 bits per heavy atom. The molecule has 0 bridgehead atoms. The number of esters is 2.